The highest BCUT2D eigenvalue weighted by atomic mass is 32.2. The zero-order valence-corrected chi connectivity index (χ0v) is 18.5. The Hall–Kier alpha value is -1.80. The molecule has 2 aliphatic heterocycles. The first kappa shape index (κ1) is 21.9. The number of carbonyl (C=O) groups excluding carboxylic acids is 1. The molecular formula is C21H33N3O4S. The molecule has 162 valence electrons. The van der Waals surface area contributed by atoms with Gasteiger partial charge in [-0.15, -0.1) is 0 Å². The molecule has 0 spiro atoms. The molecule has 0 aliphatic carbocycles. The quantitative estimate of drug-likeness (QED) is 0.664. The lowest BCUT2D eigenvalue weighted by Crippen LogP contribution is -2.53. The van der Waals surface area contributed by atoms with Gasteiger partial charge in [0.15, 0.2) is 9.84 Å². The summed E-state index contributed by atoms with van der Waals surface area (Å²) < 4.78 is 29.2. The van der Waals surface area contributed by atoms with Crippen molar-refractivity contribution in [3.63, 3.8) is 0 Å². The van der Waals surface area contributed by atoms with Crippen LogP contribution in [-0.2, 0) is 14.6 Å². The fraction of sp³-hybridized carbons (Fsp3) is 0.667. The number of carbonyl (C=O) groups is 1. The van der Waals surface area contributed by atoms with Crippen molar-refractivity contribution in [1.82, 2.24) is 9.80 Å². The Morgan fingerprint density at radius 3 is 2.59 bits per heavy atom. The molecule has 2 saturated heterocycles. The number of piperazine rings is 1. The van der Waals surface area contributed by atoms with Gasteiger partial charge in [-0.25, -0.2) is 8.42 Å². The second-order valence-electron chi connectivity index (χ2n) is 8.08. The third kappa shape index (κ3) is 5.42. The number of rotatable bonds is 7. The highest BCUT2D eigenvalue weighted by Crippen LogP contribution is 2.24. The van der Waals surface area contributed by atoms with Crippen molar-refractivity contribution in [2.45, 2.75) is 38.8 Å². The highest BCUT2D eigenvalue weighted by Gasteiger charge is 2.37. The molecule has 0 radical (unpaired) electrons. The summed E-state index contributed by atoms with van der Waals surface area (Å²) in [5.41, 5.74) is 1.13. The van der Waals surface area contributed by atoms with E-state index in [9.17, 15) is 13.2 Å². The summed E-state index contributed by atoms with van der Waals surface area (Å²) in [5, 5.41) is 0. The van der Waals surface area contributed by atoms with E-state index < -0.39 is 9.84 Å². The van der Waals surface area contributed by atoms with Crippen LogP contribution in [0.3, 0.4) is 0 Å². The van der Waals surface area contributed by atoms with Crippen LogP contribution < -0.4 is 9.64 Å². The zero-order valence-electron chi connectivity index (χ0n) is 17.7. The first-order valence-corrected chi connectivity index (χ1v) is 12.3. The molecule has 0 aromatic heterocycles. The smallest absolute Gasteiger partial charge is 0.237 e. The van der Waals surface area contributed by atoms with E-state index >= 15 is 0 Å². The average molecular weight is 424 g/mol. The van der Waals surface area contributed by atoms with Gasteiger partial charge in [-0.2, -0.15) is 0 Å². The van der Waals surface area contributed by atoms with Crippen LogP contribution >= 0.6 is 0 Å². The van der Waals surface area contributed by atoms with Gasteiger partial charge in [-0.05, 0) is 31.9 Å². The van der Waals surface area contributed by atoms with Gasteiger partial charge in [0.2, 0.25) is 5.91 Å². The Morgan fingerprint density at radius 1 is 1.28 bits per heavy atom. The van der Waals surface area contributed by atoms with Crippen LogP contribution in [0.15, 0.2) is 24.3 Å². The molecule has 2 fully saturated rings. The Bertz CT molecular complexity index is 806. The van der Waals surface area contributed by atoms with Gasteiger partial charge < -0.3 is 14.5 Å². The molecule has 2 heterocycles. The van der Waals surface area contributed by atoms with Crippen LogP contribution in [0.25, 0.3) is 0 Å². The Kier molecular flexibility index (Phi) is 7.05. The molecular weight excluding hydrogens is 390 g/mol. The van der Waals surface area contributed by atoms with Gasteiger partial charge >= 0.3 is 0 Å². The summed E-state index contributed by atoms with van der Waals surface area (Å²) in [6.07, 6.45) is 1.38. The van der Waals surface area contributed by atoms with E-state index in [-0.39, 0.29) is 29.5 Å². The lowest BCUT2D eigenvalue weighted by molar-refractivity contribution is -0.136. The minimum absolute atomic E-state index is 0.0521. The second kappa shape index (κ2) is 9.34. The minimum atomic E-state index is -3.02. The summed E-state index contributed by atoms with van der Waals surface area (Å²) >= 11 is 0. The van der Waals surface area contributed by atoms with Crippen molar-refractivity contribution in [1.29, 1.82) is 0 Å². The van der Waals surface area contributed by atoms with Crippen LogP contribution in [0.5, 0.6) is 5.75 Å². The van der Waals surface area contributed by atoms with Crippen LogP contribution in [-0.4, -0.2) is 87.5 Å². The molecule has 1 aromatic carbocycles. The maximum Gasteiger partial charge on any atom is 0.237 e. The van der Waals surface area contributed by atoms with E-state index in [1.165, 1.54) is 0 Å². The number of hydrogen-bond donors (Lipinski definition) is 0. The van der Waals surface area contributed by atoms with E-state index in [0.717, 1.165) is 44.0 Å². The van der Waals surface area contributed by atoms with Crippen LogP contribution in [0, 0.1) is 0 Å². The average Bonchev–Trinajstić information content (AvgIpc) is 3.07. The van der Waals surface area contributed by atoms with Gasteiger partial charge in [0.25, 0.3) is 0 Å². The van der Waals surface area contributed by atoms with E-state index in [0.29, 0.717) is 13.0 Å². The number of nitrogens with zero attached hydrogens (tertiary/aromatic N) is 3. The topological polar surface area (TPSA) is 70.2 Å². The van der Waals surface area contributed by atoms with Crippen molar-refractivity contribution >= 4 is 21.4 Å². The summed E-state index contributed by atoms with van der Waals surface area (Å²) in [7, 11) is -1.35. The number of anilines is 1. The van der Waals surface area contributed by atoms with Crippen LogP contribution in [0.2, 0.25) is 0 Å². The Labute approximate surface area is 174 Å². The number of ether oxygens (including phenoxy) is 1. The van der Waals surface area contributed by atoms with Crippen molar-refractivity contribution < 1.29 is 17.9 Å². The lowest BCUT2D eigenvalue weighted by atomic mass is 10.1. The van der Waals surface area contributed by atoms with E-state index in [2.05, 4.69) is 15.9 Å². The first-order chi connectivity index (χ1) is 13.8. The Balaban J connectivity index is 1.58. The molecule has 0 N–H and O–H groups in total. The number of benzene rings is 1. The van der Waals surface area contributed by atoms with E-state index in [4.69, 9.17) is 4.74 Å². The monoisotopic (exact) mass is 423 g/mol. The fourth-order valence-electron chi connectivity index (χ4n) is 4.25. The number of hydrogen-bond acceptors (Lipinski definition) is 6. The van der Waals surface area contributed by atoms with Crippen LogP contribution in [0.1, 0.15) is 26.7 Å². The summed E-state index contributed by atoms with van der Waals surface area (Å²) in [5.74, 6) is 1.19. The Morgan fingerprint density at radius 2 is 2.00 bits per heavy atom. The van der Waals surface area contributed by atoms with E-state index in [1.54, 1.807) is 7.11 Å². The third-order valence-corrected chi connectivity index (χ3v) is 7.86. The zero-order chi connectivity index (χ0) is 21.0. The first-order valence-electron chi connectivity index (χ1n) is 10.5. The minimum Gasteiger partial charge on any atom is -0.497 e. The molecule has 8 heteroatoms. The van der Waals surface area contributed by atoms with Crippen molar-refractivity contribution in [3.8, 4) is 5.75 Å². The van der Waals surface area contributed by atoms with Gasteiger partial charge in [0, 0.05) is 50.0 Å². The molecule has 2 aliphatic rings. The van der Waals surface area contributed by atoms with Gasteiger partial charge in [-0.1, -0.05) is 13.0 Å². The summed E-state index contributed by atoms with van der Waals surface area (Å²) in [4.78, 5) is 19.4. The summed E-state index contributed by atoms with van der Waals surface area (Å²) in [6, 6.07) is 7.91. The largest absolute Gasteiger partial charge is 0.497 e. The SMILES string of the molecule is CC[C@H](C)N(C(=O)CN1CCN(c2cccc(OC)c2)CC1)[C@@H]1CCS(=O)(=O)C1. The molecule has 0 bridgehead atoms. The van der Waals surface area contributed by atoms with Crippen molar-refractivity contribution in [3.05, 3.63) is 24.3 Å². The molecule has 0 unspecified atom stereocenters. The van der Waals surface area contributed by atoms with Crippen LogP contribution in [0.4, 0.5) is 5.69 Å². The molecule has 1 amide bonds. The normalized spacial score (nSPS) is 23.0. The maximum atomic E-state index is 13.1. The number of amides is 1. The maximum absolute atomic E-state index is 13.1. The highest BCUT2D eigenvalue weighted by molar-refractivity contribution is 7.91. The standard InChI is InChI=1S/C21H33N3O4S/c1-4-17(2)24(19-8-13-29(26,27)16-19)21(25)15-22-9-11-23(12-10-22)18-6-5-7-20(14-18)28-3/h5-7,14,17,19H,4,8-13,15-16H2,1-3H3/t17-,19+/m0/s1. The lowest BCUT2D eigenvalue weighted by Gasteiger charge is -2.39. The summed E-state index contributed by atoms with van der Waals surface area (Å²) in [6.45, 7) is 7.72. The molecule has 1 aromatic rings. The molecule has 2 atom stereocenters. The third-order valence-electron chi connectivity index (χ3n) is 6.11. The molecule has 0 saturated carbocycles. The molecule has 7 nitrogen and oxygen atoms in total. The molecule has 29 heavy (non-hydrogen) atoms. The number of sulfone groups is 1. The predicted octanol–water partition coefficient (Wildman–Crippen LogP) is 1.63. The van der Waals surface area contributed by atoms with Gasteiger partial charge in [0.05, 0.1) is 25.2 Å². The van der Waals surface area contributed by atoms with Crippen molar-refractivity contribution in [2.24, 2.45) is 0 Å². The molecule has 3 rings (SSSR count). The number of methoxy groups -OCH3 is 1. The van der Waals surface area contributed by atoms with Crippen molar-refractivity contribution in [2.75, 3.05) is 56.2 Å². The second-order valence-corrected chi connectivity index (χ2v) is 10.3. The van der Waals surface area contributed by atoms with Gasteiger partial charge in [-0.3, -0.25) is 9.69 Å². The predicted molar refractivity (Wildman–Crippen MR) is 115 cm³/mol. The van der Waals surface area contributed by atoms with E-state index in [1.807, 2.05) is 36.9 Å². The van der Waals surface area contributed by atoms with Gasteiger partial charge in [0.1, 0.15) is 5.75 Å². The fourth-order valence-corrected chi connectivity index (χ4v) is 5.96.